The third-order valence-electron chi connectivity index (χ3n) is 7.07. The second-order valence-corrected chi connectivity index (χ2v) is 9.32. The third kappa shape index (κ3) is 6.34. The minimum atomic E-state index is -0.0565. The van der Waals surface area contributed by atoms with Crippen molar-refractivity contribution < 1.29 is 4.79 Å². The molecule has 2 aliphatic heterocycles. The van der Waals surface area contributed by atoms with Crippen molar-refractivity contribution >= 4 is 11.7 Å². The zero-order valence-corrected chi connectivity index (χ0v) is 18.9. The smallest absolute Gasteiger partial charge is 0.321 e. The van der Waals surface area contributed by atoms with Crippen molar-refractivity contribution in [3.8, 4) is 6.07 Å². The first-order chi connectivity index (χ1) is 15.7. The summed E-state index contributed by atoms with van der Waals surface area (Å²) in [5.41, 5.74) is 2.72. The van der Waals surface area contributed by atoms with E-state index in [0.29, 0.717) is 17.2 Å². The summed E-state index contributed by atoms with van der Waals surface area (Å²) in [6.07, 6.45) is 7.23. The molecule has 2 saturated heterocycles. The standard InChI is InChI=1S/C27H34N4O/c28-21-25-7-4-8-26(20-25)29-27(32)31-17-12-22(13-18-31)9-14-30-15-10-24(11-16-30)19-23-5-2-1-3-6-23/h1-8,20,22,24H,9-19H2,(H,29,32). The van der Waals surface area contributed by atoms with E-state index in [4.69, 9.17) is 5.26 Å². The Morgan fingerprint density at radius 3 is 2.38 bits per heavy atom. The molecule has 0 atom stereocenters. The van der Waals surface area contributed by atoms with Gasteiger partial charge in [-0.25, -0.2) is 4.79 Å². The lowest BCUT2D eigenvalue weighted by molar-refractivity contribution is 0.150. The van der Waals surface area contributed by atoms with Crippen LogP contribution in [0.1, 0.15) is 43.2 Å². The van der Waals surface area contributed by atoms with Gasteiger partial charge < -0.3 is 15.1 Å². The number of piperidine rings is 2. The molecule has 0 radical (unpaired) electrons. The van der Waals surface area contributed by atoms with Crippen LogP contribution in [0.3, 0.4) is 0 Å². The molecule has 0 aromatic heterocycles. The SMILES string of the molecule is N#Cc1cccc(NC(=O)N2CCC(CCN3CCC(Cc4ccccc4)CC3)CC2)c1. The first-order valence-corrected chi connectivity index (χ1v) is 12.0. The fourth-order valence-electron chi connectivity index (χ4n) is 5.02. The lowest BCUT2D eigenvalue weighted by atomic mass is 9.89. The summed E-state index contributed by atoms with van der Waals surface area (Å²) in [6, 6.07) is 20.0. The second kappa shape index (κ2) is 11.2. The van der Waals surface area contributed by atoms with Gasteiger partial charge in [0.1, 0.15) is 0 Å². The summed E-state index contributed by atoms with van der Waals surface area (Å²) in [6.45, 7) is 5.26. The Morgan fingerprint density at radius 1 is 0.938 bits per heavy atom. The van der Waals surface area contributed by atoms with Crippen molar-refractivity contribution in [2.75, 3.05) is 38.0 Å². The lowest BCUT2D eigenvalue weighted by Gasteiger charge is -2.35. The molecule has 32 heavy (non-hydrogen) atoms. The van der Waals surface area contributed by atoms with E-state index in [0.717, 1.165) is 31.8 Å². The van der Waals surface area contributed by atoms with E-state index in [2.05, 4.69) is 46.6 Å². The van der Waals surface area contributed by atoms with Gasteiger partial charge >= 0.3 is 6.03 Å². The number of hydrogen-bond acceptors (Lipinski definition) is 3. The van der Waals surface area contributed by atoms with Gasteiger partial charge in [0.25, 0.3) is 0 Å². The number of hydrogen-bond donors (Lipinski definition) is 1. The van der Waals surface area contributed by atoms with Gasteiger partial charge in [0.2, 0.25) is 0 Å². The highest BCUT2D eigenvalue weighted by atomic mass is 16.2. The molecule has 0 aliphatic carbocycles. The quantitative estimate of drug-likeness (QED) is 0.690. The number of urea groups is 1. The molecule has 0 unspecified atom stereocenters. The van der Waals surface area contributed by atoms with Gasteiger partial charge in [0.15, 0.2) is 0 Å². The first kappa shape index (κ1) is 22.4. The van der Waals surface area contributed by atoms with Crippen molar-refractivity contribution in [1.29, 1.82) is 5.26 Å². The number of likely N-dealkylation sites (tertiary alicyclic amines) is 2. The van der Waals surface area contributed by atoms with Gasteiger partial charge in [-0.15, -0.1) is 0 Å². The summed E-state index contributed by atoms with van der Waals surface area (Å²) >= 11 is 0. The monoisotopic (exact) mass is 430 g/mol. The third-order valence-corrected chi connectivity index (χ3v) is 7.07. The highest BCUT2D eigenvalue weighted by molar-refractivity contribution is 5.89. The van der Waals surface area contributed by atoms with Crippen LogP contribution in [0.2, 0.25) is 0 Å². The van der Waals surface area contributed by atoms with Crippen molar-refractivity contribution in [3.63, 3.8) is 0 Å². The molecule has 0 spiro atoms. The molecule has 2 amide bonds. The highest BCUT2D eigenvalue weighted by Gasteiger charge is 2.24. The number of rotatable bonds is 6. The number of carbonyl (C=O) groups excluding carboxylic acids is 1. The normalized spacial score (nSPS) is 18.3. The lowest BCUT2D eigenvalue weighted by Crippen LogP contribution is -2.42. The van der Waals surface area contributed by atoms with Crippen molar-refractivity contribution in [2.24, 2.45) is 11.8 Å². The molecule has 5 nitrogen and oxygen atoms in total. The van der Waals surface area contributed by atoms with Crippen molar-refractivity contribution in [3.05, 3.63) is 65.7 Å². The van der Waals surface area contributed by atoms with Crippen LogP contribution in [0.4, 0.5) is 10.5 Å². The molecule has 0 saturated carbocycles. The molecule has 2 aromatic carbocycles. The van der Waals surface area contributed by atoms with Gasteiger partial charge in [0, 0.05) is 18.8 Å². The van der Waals surface area contributed by atoms with Gasteiger partial charge in [-0.3, -0.25) is 0 Å². The number of anilines is 1. The van der Waals surface area contributed by atoms with Crippen LogP contribution in [0, 0.1) is 23.2 Å². The van der Waals surface area contributed by atoms with Gasteiger partial charge in [-0.05, 0) is 93.8 Å². The number of amides is 2. The van der Waals surface area contributed by atoms with E-state index in [1.165, 1.54) is 50.9 Å². The minimum absolute atomic E-state index is 0.0565. The van der Waals surface area contributed by atoms with Crippen molar-refractivity contribution in [1.82, 2.24) is 9.80 Å². The van der Waals surface area contributed by atoms with Crippen LogP contribution >= 0.6 is 0 Å². The topological polar surface area (TPSA) is 59.4 Å². The summed E-state index contributed by atoms with van der Waals surface area (Å²) < 4.78 is 0. The van der Waals surface area contributed by atoms with E-state index < -0.39 is 0 Å². The molecule has 4 rings (SSSR count). The first-order valence-electron chi connectivity index (χ1n) is 12.0. The van der Waals surface area contributed by atoms with E-state index in [9.17, 15) is 4.79 Å². The molecule has 2 fully saturated rings. The van der Waals surface area contributed by atoms with Crippen LogP contribution in [0.25, 0.3) is 0 Å². The fraction of sp³-hybridized carbons (Fsp3) is 0.481. The Balaban J connectivity index is 1.13. The van der Waals surface area contributed by atoms with Crippen LogP contribution in [0.15, 0.2) is 54.6 Å². The Labute approximate surface area is 192 Å². The Bertz CT molecular complexity index is 907. The van der Waals surface area contributed by atoms with E-state index in [-0.39, 0.29) is 6.03 Å². The average molecular weight is 431 g/mol. The van der Waals surface area contributed by atoms with Crippen LogP contribution in [-0.2, 0) is 6.42 Å². The Morgan fingerprint density at radius 2 is 1.66 bits per heavy atom. The molecule has 2 heterocycles. The number of nitrogens with one attached hydrogen (secondary N) is 1. The Kier molecular flexibility index (Phi) is 7.79. The summed E-state index contributed by atoms with van der Waals surface area (Å²) in [7, 11) is 0. The van der Waals surface area contributed by atoms with Crippen LogP contribution < -0.4 is 5.32 Å². The maximum Gasteiger partial charge on any atom is 0.321 e. The molecule has 0 bridgehead atoms. The molecule has 168 valence electrons. The summed E-state index contributed by atoms with van der Waals surface area (Å²) in [5.74, 6) is 1.53. The highest BCUT2D eigenvalue weighted by Crippen LogP contribution is 2.25. The number of carbonyl (C=O) groups is 1. The number of benzene rings is 2. The Hall–Kier alpha value is -2.84. The van der Waals surface area contributed by atoms with Gasteiger partial charge in [-0.1, -0.05) is 36.4 Å². The molecule has 5 heteroatoms. The maximum absolute atomic E-state index is 12.6. The summed E-state index contributed by atoms with van der Waals surface area (Å²) in [4.78, 5) is 17.1. The molecule has 2 aliphatic rings. The number of nitrogens with zero attached hydrogens (tertiary/aromatic N) is 3. The van der Waals surface area contributed by atoms with Crippen molar-refractivity contribution in [2.45, 2.75) is 38.5 Å². The zero-order valence-electron chi connectivity index (χ0n) is 18.9. The number of nitriles is 1. The zero-order chi connectivity index (χ0) is 22.2. The van der Waals surface area contributed by atoms with Gasteiger partial charge in [-0.2, -0.15) is 5.26 Å². The molecule has 1 N–H and O–H groups in total. The van der Waals surface area contributed by atoms with Gasteiger partial charge in [0.05, 0.1) is 11.6 Å². The van der Waals surface area contributed by atoms with E-state index in [1.807, 2.05) is 11.0 Å². The molecule has 2 aromatic rings. The second-order valence-electron chi connectivity index (χ2n) is 9.32. The maximum atomic E-state index is 12.6. The minimum Gasteiger partial charge on any atom is -0.325 e. The van der Waals surface area contributed by atoms with E-state index in [1.54, 1.807) is 18.2 Å². The average Bonchev–Trinajstić information content (AvgIpc) is 2.85. The fourth-order valence-corrected chi connectivity index (χ4v) is 5.02. The molecular weight excluding hydrogens is 396 g/mol. The molecular formula is C27H34N4O. The predicted octanol–water partition coefficient (Wildman–Crippen LogP) is 5.15. The largest absolute Gasteiger partial charge is 0.325 e. The predicted molar refractivity (Wildman–Crippen MR) is 128 cm³/mol. The van der Waals surface area contributed by atoms with Crippen LogP contribution in [-0.4, -0.2) is 48.6 Å². The van der Waals surface area contributed by atoms with Crippen LogP contribution in [0.5, 0.6) is 0 Å². The van der Waals surface area contributed by atoms with E-state index >= 15 is 0 Å². The summed E-state index contributed by atoms with van der Waals surface area (Å²) in [5, 5.41) is 11.9.